The summed E-state index contributed by atoms with van der Waals surface area (Å²) < 4.78 is 0. The summed E-state index contributed by atoms with van der Waals surface area (Å²) in [5.41, 5.74) is 3.11. The average molecular weight is 345 g/mol. The molecule has 132 valence electrons. The first-order valence-electron chi connectivity index (χ1n) is 9.25. The van der Waals surface area contributed by atoms with Crippen LogP contribution in [0.15, 0.2) is 61.2 Å². The number of rotatable bonds is 6. The molecular formula is C21H23N5. The molecule has 4 rings (SSSR count). The third-order valence-corrected chi connectivity index (χ3v) is 4.93. The van der Waals surface area contributed by atoms with Gasteiger partial charge in [0.15, 0.2) is 5.82 Å². The summed E-state index contributed by atoms with van der Waals surface area (Å²) in [5.74, 6) is 0.736. The van der Waals surface area contributed by atoms with Gasteiger partial charge in [-0.15, -0.1) is 0 Å². The largest absolute Gasteiger partial charge is 0.289 e. The number of aromatic nitrogens is 4. The molecule has 0 unspecified atom stereocenters. The fourth-order valence-electron chi connectivity index (χ4n) is 3.61. The summed E-state index contributed by atoms with van der Waals surface area (Å²) >= 11 is 0. The molecule has 0 amide bonds. The van der Waals surface area contributed by atoms with E-state index < -0.39 is 0 Å². The maximum atomic E-state index is 4.78. The number of hydrogen-bond acceptors (Lipinski definition) is 5. The smallest absolute Gasteiger partial charge is 0.160 e. The zero-order chi connectivity index (χ0) is 17.6. The monoisotopic (exact) mass is 345 g/mol. The van der Waals surface area contributed by atoms with E-state index in [4.69, 9.17) is 4.98 Å². The van der Waals surface area contributed by atoms with Gasteiger partial charge in [0.1, 0.15) is 0 Å². The SMILES string of the molecule is c1ccc(CN(Cc2ccnc(-c3cccnc3)n2)C2CCCC2)nc1. The van der Waals surface area contributed by atoms with Crippen LogP contribution in [0.1, 0.15) is 37.1 Å². The first-order valence-corrected chi connectivity index (χ1v) is 9.25. The highest BCUT2D eigenvalue weighted by atomic mass is 15.2. The summed E-state index contributed by atoms with van der Waals surface area (Å²) in [6.07, 6.45) is 12.4. The standard InChI is InChI=1S/C21H23N5/c1-2-9-20(8-1)26(15-18-7-3-4-12-23-18)16-19-10-13-24-21(25-19)17-6-5-11-22-14-17/h3-7,10-14,20H,1-2,8-9,15-16H2. The topological polar surface area (TPSA) is 54.8 Å². The Bertz CT molecular complexity index is 816. The summed E-state index contributed by atoms with van der Waals surface area (Å²) in [4.78, 5) is 20.4. The second-order valence-corrected chi connectivity index (χ2v) is 6.78. The number of nitrogens with zero attached hydrogens (tertiary/aromatic N) is 5. The Kier molecular flexibility index (Phi) is 5.26. The maximum absolute atomic E-state index is 4.78. The number of pyridine rings is 2. The molecule has 0 N–H and O–H groups in total. The normalized spacial score (nSPS) is 14.8. The van der Waals surface area contributed by atoms with Gasteiger partial charge in [0.25, 0.3) is 0 Å². The molecule has 0 bridgehead atoms. The van der Waals surface area contributed by atoms with Crippen molar-refractivity contribution in [2.24, 2.45) is 0 Å². The van der Waals surface area contributed by atoms with E-state index in [2.05, 4.69) is 32.0 Å². The van der Waals surface area contributed by atoms with Crippen LogP contribution in [-0.4, -0.2) is 30.9 Å². The van der Waals surface area contributed by atoms with E-state index in [0.717, 1.165) is 35.9 Å². The molecule has 0 saturated heterocycles. The third kappa shape index (κ3) is 4.11. The van der Waals surface area contributed by atoms with E-state index in [0.29, 0.717) is 6.04 Å². The molecule has 1 fully saturated rings. The van der Waals surface area contributed by atoms with Gasteiger partial charge in [-0.2, -0.15) is 0 Å². The zero-order valence-corrected chi connectivity index (χ0v) is 14.8. The van der Waals surface area contributed by atoms with Crippen LogP contribution >= 0.6 is 0 Å². The molecular weight excluding hydrogens is 322 g/mol. The Morgan fingerprint density at radius 1 is 0.846 bits per heavy atom. The summed E-state index contributed by atoms with van der Waals surface area (Å²) in [6, 6.07) is 12.7. The van der Waals surface area contributed by atoms with Crippen LogP contribution in [-0.2, 0) is 13.1 Å². The fraction of sp³-hybridized carbons (Fsp3) is 0.333. The van der Waals surface area contributed by atoms with Crippen molar-refractivity contribution in [2.45, 2.75) is 44.8 Å². The molecule has 1 saturated carbocycles. The lowest BCUT2D eigenvalue weighted by Gasteiger charge is -2.28. The molecule has 1 aliphatic carbocycles. The Balaban J connectivity index is 1.55. The predicted octanol–water partition coefficient (Wildman–Crippen LogP) is 3.88. The van der Waals surface area contributed by atoms with E-state index in [1.165, 1.54) is 25.7 Å². The second-order valence-electron chi connectivity index (χ2n) is 6.78. The van der Waals surface area contributed by atoms with Crippen LogP contribution < -0.4 is 0 Å². The van der Waals surface area contributed by atoms with E-state index in [-0.39, 0.29) is 0 Å². The van der Waals surface area contributed by atoms with Gasteiger partial charge in [0.05, 0.1) is 11.4 Å². The van der Waals surface area contributed by atoms with Gasteiger partial charge < -0.3 is 0 Å². The molecule has 0 aliphatic heterocycles. The summed E-state index contributed by atoms with van der Waals surface area (Å²) in [5, 5.41) is 0. The van der Waals surface area contributed by atoms with Crippen LogP contribution in [0.25, 0.3) is 11.4 Å². The molecule has 0 spiro atoms. The highest BCUT2D eigenvalue weighted by Crippen LogP contribution is 2.26. The van der Waals surface area contributed by atoms with Gasteiger partial charge in [-0.05, 0) is 43.2 Å². The third-order valence-electron chi connectivity index (χ3n) is 4.93. The Morgan fingerprint density at radius 2 is 1.73 bits per heavy atom. The minimum Gasteiger partial charge on any atom is -0.289 e. The van der Waals surface area contributed by atoms with Crippen molar-refractivity contribution in [3.63, 3.8) is 0 Å². The molecule has 26 heavy (non-hydrogen) atoms. The van der Waals surface area contributed by atoms with Gasteiger partial charge in [0, 0.05) is 49.5 Å². The Hall–Kier alpha value is -2.66. The minimum atomic E-state index is 0.605. The number of hydrogen-bond donors (Lipinski definition) is 0. The first kappa shape index (κ1) is 16.8. The lowest BCUT2D eigenvalue weighted by atomic mass is 10.1. The fourth-order valence-corrected chi connectivity index (χ4v) is 3.61. The van der Waals surface area contributed by atoms with Gasteiger partial charge >= 0.3 is 0 Å². The maximum Gasteiger partial charge on any atom is 0.160 e. The van der Waals surface area contributed by atoms with E-state index in [1.54, 1.807) is 6.20 Å². The van der Waals surface area contributed by atoms with Gasteiger partial charge in [-0.1, -0.05) is 18.9 Å². The van der Waals surface area contributed by atoms with E-state index in [9.17, 15) is 0 Å². The second kappa shape index (κ2) is 8.15. The van der Waals surface area contributed by atoms with Crippen molar-refractivity contribution in [1.82, 2.24) is 24.8 Å². The van der Waals surface area contributed by atoms with Crippen LogP contribution in [0.2, 0.25) is 0 Å². The summed E-state index contributed by atoms with van der Waals surface area (Å²) in [6.45, 7) is 1.68. The highest BCUT2D eigenvalue weighted by Gasteiger charge is 2.23. The van der Waals surface area contributed by atoms with Gasteiger partial charge in [-0.25, -0.2) is 9.97 Å². The average Bonchev–Trinajstić information content (AvgIpc) is 3.24. The van der Waals surface area contributed by atoms with Crippen LogP contribution in [0.4, 0.5) is 0 Å². The van der Waals surface area contributed by atoms with Crippen molar-refractivity contribution in [2.75, 3.05) is 0 Å². The van der Waals surface area contributed by atoms with Crippen molar-refractivity contribution in [3.05, 3.63) is 72.6 Å². The highest BCUT2D eigenvalue weighted by molar-refractivity contribution is 5.52. The van der Waals surface area contributed by atoms with Gasteiger partial charge in [-0.3, -0.25) is 14.9 Å². The Morgan fingerprint density at radius 3 is 2.50 bits per heavy atom. The minimum absolute atomic E-state index is 0.605. The van der Waals surface area contributed by atoms with Crippen molar-refractivity contribution < 1.29 is 0 Å². The first-order chi connectivity index (χ1) is 12.9. The summed E-state index contributed by atoms with van der Waals surface area (Å²) in [7, 11) is 0. The van der Waals surface area contributed by atoms with Crippen LogP contribution in [0, 0.1) is 0 Å². The van der Waals surface area contributed by atoms with Crippen molar-refractivity contribution in [3.8, 4) is 11.4 Å². The lowest BCUT2D eigenvalue weighted by molar-refractivity contribution is 0.176. The molecule has 0 radical (unpaired) electrons. The molecule has 3 heterocycles. The quantitative estimate of drug-likeness (QED) is 0.679. The molecule has 0 aromatic carbocycles. The molecule has 3 aromatic heterocycles. The zero-order valence-electron chi connectivity index (χ0n) is 14.8. The van der Waals surface area contributed by atoms with E-state index in [1.807, 2.05) is 42.9 Å². The molecule has 1 aliphatic rings. The predicted molar refractivity (Wildman–Crippen MR) is 101 cm³/mol. The van der Waals surface area contributed by atoms with Crippen LogP contribution in [0.3, 0.4) is 0 Å². The lowest BCUT2D eigenvalue weighted by Crippen LogP contribution is -2.33. The Labute approximate surface area is 154 Å². The molecule has 3 aromatic rings. The molecule has 0 atom stereocenters. The van der Waals surface area contributed by atoms with Crippen molar-refractivity contribution >= 4 is 0 Å². The molecule has 5 heteroatoms. The molecule has 5 nitrogen and oxygen atoms in total. The van der Waals surface area contributed by atoms with Gasteiger partial charge in [0.2, 0.25) is 0 Å². The van der Waals surface area contributed by atoms with E-state index >= 15 is 0 Å². The van der Waals surface area contributed by atoms with Crippen molar-refractivity contribution in [1.29, 1.82) is 0 Å². The van der Waals surface area contributed by atoms with Crippen LogP contribution in [0.5, 0.6) is 0 Å².